The number of rotatable bonds is 0. The zero-order valence-electron chi connectivity index (χ0n) is 6.52. The number of carboxylic acid groups (broad SMARTS) is 1. The van der Waals surface area contributed by atoms with Crippen molar-refractivity contribution >= 4 is 23.5 Å². The predicted molar refractivity (Wildman–Crippen MR) is 45.1 cm³/mol. The lowest BCUT2D eigenvalue weighted by Crippen LogP contribution is -2.33. The van der Waals surface area contributed by atoms with Crippen LogP contribution < -0.4 is 10.2 Å². The second kappa shape index (κ2) is 2.48. The van der Waals surface area contributed by atoms with Crippen molar-refractivity contribution in [2.75, 3.05) is 4.90 Å². The number of para-hydroxylation sites is 2. The summed E-state index contributed by atoms with van der Waals surface area (Å²) in [5, 5.41) is 10.0. The average molecular weight is 178 g/mol. The number of hydrogen-bond acceptors (Lipinski definition) is 2. The number of nitrogens with one attached hydrogen (secondary N) is 1. The van der Waals surface area contributed by atoms with E-state index in [1.165, 1.54) is 4.90 Å². The van der Waals surface area contributed by atoms with Crippen molar-refractivity contribution in [3.63, 3.8) is 0 Å². The zero-order valence-corrected chi connectivity index (χ0v) is 6.52. The second-order valence-electron chi connectivity index (χ2n) is 2.56. The van der Waals surface area contributed by atoms with Gasteiger partial charge in [-0.3, -0.25) is 4.90 Å². The van der Waals surface area contributed by atoms with Gasteiger partial charge in [-0.15, -0.1) is 0 Å². The van der Waals surface area contributed by atoms with Crippen molar-refractivity contribution in [3.05, 3.63) is 24.3 Å². The molecule has 0 fully saturated rings. The molecule has 1 aliphatic rings. The van der Waals surface area contributed by atoms with Gasteiger partial charge in [0.25, 0.3) is 0 Å². The summed E-state index contributed by atoms with van der Waals surface area (Å²) in [5.74, 6) is 0. The molecule has 2 rings (SSSR count). The zero-order chi connectivity index (χ0) is 9.42. The quantitative estimate of drug-likeness (QED) is 0.592. The van der Waals surface area contributed by atoms with E-state index in [4.69, 9.17) is 5.11 Å². The normalized spacial score (nSPS) is 11.8. The summed E-state index contributed by atoms with van der Waals surface area (Å²) in [6, 6.07) is 6.43. The molecule has 2 N–H and O–H groups in total. The lowest BCUT2D eigenvalue weighted by molar-refractivity contribution is 0.193. The van der Waals surface area contributed by atoms with Gasteiger partial charge >= 0.3 is 12.1 Å². The molecule has 0 atom stereocenters. The van der Waals surface area contributed by atoms with Crippen molar-refractivity contribution in [2.45, 2.75) is 0 Å². The lowest BCUT2D eigenvalue weighted by Gasteiger charge is -1.98. The first-order valence-electron chi connectivity index (χ1n) is 3.63. The summed E-state index contributed by atoms with van der Waals surface area (Å²) in [5.41, 5.74) is 1.50. The van der Waals surface area contributed by atoms with E-state index < -0.39 is 12.1 Å². The Morgan fingerprint density at radius 3 is 2.23 bits per heavy atom. The minimum atomic E-state index is -1.34. The fourth-order valence-electron chi connectivity index (χ4n) is 1.17. The van der Waals surface area contributed by atoms with Crippen LogP contribution in [-0.2, 0) is 0 Å². The molecule has 1 heterocycles. The third kappa shape index (κ3) is 1.20. The molecule has 0 aromatic heterocycles. The Balaban J connectivity index is 2.09. The third-order valence-electron chi connectivity index (χ3n) is 1.73. The molecular formula is C8H6N2O3. The summed E-state index contributed by atoms with van der Waals surface area (Å²) in [7, 11) is 0. The molecule has 0 saturated carbocycles. The van der Waals surface area contributed by atoms with Crippen LogP contribution >= 0.6 is 0 Å². The number of carbonyl (C=O) groups excluding carboxylic acids is 1. The maximum Gasteiger partial charge on any atom is 0.412 e. The first-order chi connectivity index (χ1) is 6.20. The van der Waals surface area contributed by atoms with E-state index in [1.54, 1.807) is 29.6 Å². The highest BCUT2D eigenvalue weighted by Crippen LogP contribution is 2.46. The number of fused-ring (bicyclic) bond motifs is 1. The van der Waals surface area contributed by atoms with Gasteiger partial charge in [0, 0.05) is 0 Å². The van der Waals surface area contributed by atoms with Crippen LogP contribution in [0.25, 0.3) is 0 Å². The number of amides is 3. The van der Waals surface area contributed by atoms with Crippen LogP contribution in [-0.4, -0.2) is 17.2 Å². The van der Waals surface area contributed by atoms with Crippen molar-refractivity contribution in [1.82, 2.24) is 5.32 Å². The Kier molecular flexibility index (Phi) is 1.45. The smallest absolute Gasteiger partial charge is 0.412 e. The molecule has 0 aliphatic carbocycles. The molecule has 66 valence electrons. The molecule has 1 aromatic rings. The summed E-state index contributed by atoms with van der Waals surface area (Å²) < 4.78 is 0. The van der Waals surface area contributed by atoms with Gasteiger partial charge in [-0.25, -0.2) is 14.9 Å². The molecule has 3 amide bonds. The van der Waals surface area contributed by atoms with Crippen molar-refractivity contribution in [2.24, 2.45) is 0 Å². The maximum atomic E-state index is 11.1. The molecule has 0 saturated heterocycles. The average Bonchev–Trinajstić information content (AvgIpc) is 2.76. The van der Waals surface area contributed by atoms with E-state index >= 15 is 0 Å². The molecule has 0 bridgehead atoms. The molecule has 1 aliphatic heterocycles. The third-order valence-corrected chi connectivity index (χ3v) is 1.73. The van der Waals surface area contributed by atoms with E-state index in [9.17, 15) is 9.59 Å². The van der Waals surface area contributed by atoms with Gasteiger partial charge in [-0.05, 0) is 12.1 Å². The van der Waals surface area contributed by atoms with Gasteiger partial charge in [0.05, 0.1) is 11.4 Å². The Labute approximate surface area is 73.6 Å². The Morgan fingerprint density at radius 2 is 1.77 bits per heavy atom. The maximum absolute atomic E-state index is 11.1. The minimum absolute atomic E-state index is 0.631. The topological polar surface area (TPSA) is 69.4 Å². The van der Waals surface area contributed by atoms with Crippen LogP contribution in [0.4, 0.5) is 21.0 Å². The number of urea groups is 1. The molecule has 5 heteroatoms. The van der Waals surface area contributed by atoms with Crippen LogP contribution in [0.1, 0.15) is 0 Å². The largest absolute Gasteiger partial charge is 0.465 e. The first-order valence-corrected chi connectivity index (χ1v) is 3.63. The highest BCUT2D eigenvalue weighted by Gasteiger charge is 2.34. The van der Waals surface area contributed by atoms with Gasteiger partial charge in [0.15, 0.2) is 0 Å². The fraction of sp³-hybridized carbons (Fsp3) is 0. The molecule has 0 radical (unpaired) electrons. The number of benzene rings is 1. The van der Waals surface area contributed by atoms with Crippen molar-refractivity contribution < 1.29 is 14.7 Å². The van der Waals surface area contributed by atoms with Crippen LogP contribution in [0.3, 0.4) is 0 Å². The summed E-state index contributed by atoms with van der Waals surface area (Å²) >= 11 is 0. The van der Waals surface area contributed by atoms with Crippen molar-refractivity contribution in [3.8, 4) is 0 Å². The van der Waals surface area contributed by atoms with Crippen LogP contribution in [0, 0.1) is 0 Å². The summed E-state index contributed by atoms with van der Waals surface area (Å²) in [6.07, 6.45) is -1.34. The number of anilines is 2. The number of nitrogens with zero attached hydrogens (tertiary/aromatic N) is 1. The Hall–Kier alpha value is -2.04. The monoisotopic (exact) mass is 178 g/mol. The van der Waals surface area contributed by atoms with Crippen LogP contribution in [0.5, 0.6) is 0 Å². The number of carbonyl (C=O) groups is 2. The van der Waals surface area contributed by atoms with Gasteiger partial charge in [-0.1, -0.05) is 12.1 Å². The van der Waals surface area contributed by atoms with Crippen LogP contribution in [0.15, 0.2) is 24.3 Å². The highest BCUT2D eigenvalue weighted by atomic mass is 16.4. The highest BCUT2D eigenvalue weighted by molar-refractivity contribution is 6.17. The summed E-state index contributed by atoms with van der Waals surface area (Å²) in [4.78, 5) is 22.5. The molecule has 1 aromatic carbocycles. The van der Waals surface area contributed by atoms with E-state index in [0.717, 1.165) is 11.4 Å². The second-order valence-corrected chi connectivity index (χ2v) is 2.56. The van der Waals surface area contributed by atoms with Gasteiger partial charge < -0.3 is 5.11 Å². The van der Waals surface area contributed by atoms with Crippen molar-refractivity contribution in [1.29, 1.82) is 0 Å². The molecule has 13 heavy (non-hydrogen) atoms. The number of hydrogen-bond donors (Lipinski definition) is 2. The van der Waals surface area contributed by atoms with Gasteiger partial charge in [0.1, 0.15) is 0 Å². The van der Waals surface area contributed by atoms with E-state index in [0.29, 0.717) is 0 Å². The Morgan fingerprint density at radius 1 is 1.23 bits per heavy atom. The lowest BCUT2D eigenvalue weighted by atomic mass is 10.4. The molecular weight excluding hydrogens is 172 g/mol. The standard InChI is InChI=1S/C8H6N2O3/c11-7(9-8(12)13)10-5-3-1-2-4-6(5)10/h1-4H,(H,9,11)(H,12,13). The Bertz CT molecular complexity index is 366. The van der Waals surface area contributed by atoms with Gasteiger partial charge in [-0.2, -0.15) is 0 Å². The van der Waals surface area contributed by atoms with E-state index in [-0.39, 0.29) is 0 Å². The predicted octanol–water partition coefficient (Wildman–Crippen LogP) is 1.53. The fourth-order valence-corrected chi connectivity index (χ4v) is 1.17. The molecule has 0 spiro atoms. The molecule has 5 nitrogen and oxygen atoms in total. The molecule has 0 unspecified atom stereocenters. The van der Waals surface area contributed by atoms with E-state index in [1.807, 2.05) is 0 Å². The van der Waals surface area contributed by atoms with E-state index in [2.05, 4.69) is 0 Å². The number of imide groups is 1. The summed E-state index contributed by atoms with van der Waals surface area (Å²) in [6.45, 7) is 0. The SMILES string of the molecule is O=C(O)NC(=O)N1c2ccccc21. The first kappa shape index (κ1) is 7.60. The van der Waals surface area contributed by atoms with Gasteiger partial charge in [0.2, 0.25) is 0 Å². The van der Waals surface area contributed by atoms with Crippen LogP contribution in [0.2, 0.25) is 0 Å². The minimum Gasteiger partial charge on any atom is -0.465 e.